The molecule has 15 heavy (non-hydrogen) atoms. The van der Waals surface area contributed by atoms with Crippen LogP contribution in [0, 0.1) is 0 Å². The highest BCUT2D eigenvalue weighted by molar-refractivity contribution is 5.08. The summed E-state index contributed by atoms with van der Waals surface area (Å²) in [4.78, 5) is 0. The van der Waals surface area contributed by atoms with Gasteiger partial charge in [-0.3, -0.25) is 0 Å². The summed E-state index contributed by atoms with van der Waals surface area (Å²) in [5, 5.41) is 2.57. The van der Waals surface area contributed by atoms with E-state index < -0.39 is 11.7 Å². The second-order valence-electron chi connectivity index (χ2n) is 4.36. The fourth-order valence-corrected chi connectivity index (χ4v) is 1.58. The lowest BCUT2D eigenvalue weighted by Crippen LogP contribution is -2.49. The fourth-order valence-electron chi connectivity index (χ4n) is 1.58. The Hall–Kier alpha value is -0.290. The molecule has 0 bridgehead atoms. The van der Waals surface area contributed by atoms with Crippen molar-refractivity contribution in [3.63, 3.8) is 0 Å². The van der Waals surface area contributed by atoms with Crippen molar-refractivity contribution >= 4 is 0 Å². The molecule has 0 aromatic rings. The van der Waals surface area contributed by atoms with E-state index in [0.717, 1.165) is 19.3 Å². The number of nitrogens with one attached hydrogen (secondary N) is 1. The molecule has 0 saturated heterocycles. The molecule has 1 fully saturated rings. The van der Waals surface area contributed by atoms with E-state index in [4.69, 9.17) is 5.73 Å². The van der Waals surface area contributed by atoms with Crippen LogP contribution in [0.3, 0.4) is 0 Å². The summed E-state index contributed by atoms with van der Waals surface area (Å²) >= 11 is 0. The number of hydrogen-bond acceptors (Lipinski definition) is 2. The maximum Gasteiger partial charge on any atom is 0.406 e. The van der Waals surface area contributed by atoms with Crippen LogP contribution in [0.4, 0.5) is 13.2 Å². The zero-order chi connectivity index (χ0) is 11.5. The van der Waals surface area contributed by atoms with Gasteiger partial charge >= 0.3 is 6.18 Å². The Balaban J connectivity index is 2.25. The van der Waals surface area contributed by atoms with E-state index in [1.807, 2.05) is 6.92 Å². The lowest BCUT2D eigenvalue weighted by molar-refractivity contribution is -0.165. The van der Waals surface area contributed by atoms with Crippen molar-refractivity contribution < 1.29 is 13.2 Å². The topological polar surface area (TPSA) is 38.0 Å². The maximum atomic E-state index is 12.5. The molecule has 90 valence electrons. The minimum atomic E-state index is -4.13. The van der Waals surface area contributed by atoms with Crippen molar-refractivity contribution in [2.75, 3.05) is 6.54 Å². The van der Waals surface area contributed by atoms with Gasteiger partial charge in [0.05, 0.1) is 0 Å². The number of unbranched alkanes of at least 4 members (excludes halogenated alkanes) is 1. The van der Waals surface area contributed by atoms with Crippen LogP contribution in [0.15, 0.2) is 0 Å². The molecule has 5 heteroatoms. The summed E-state index contributed by atoms with van der Waals surface area (Å²) in [5.41, 5.74) is 4.09. The summed E-state index contributed by atoms with van der Waals surface area (Å²) < 4.78 is 37.5. The van der Waals surface area contributed by atoms with Crippen molar-refractivity contribution in [3.05, 3.63) is 0 Å². The summed E-state index contributed by atoms with van der Waals surface area (Å²) in [6.07, 6.45) is -0.955. The molecular weight excluding hydrogens is 205 g/mol. The third kappa shape index (κ3) is 3.34. The van der Waals surface area contributed by atoms with Gasteiger partial charge in [-0.1, -0.05) is 19.8 Å². The molecule has 0 heterocycles. The fraction of sp³-hybridized carbons (Fsp3) is 1.00. The standard InChI is InChI=1S/C10H19F3N2/c1-2-3-4-8(14)7-15-9(5-6-9)10(11,12)13/h8,15H,2-7,14H2,1H3. The predicted octanol–water partition coefficient (Wildman–Crippen LogP) is 2.19. The van der Waals surface area contributed by atoms with Gasteiger partial charge in [0, 0.05) is 12.6 Å². The van der Waals surface area contributed by atoms with Gasteiger partial charge in [0.2, 0.25) is 0 Å². The van der Waals surface area contributed by atoms with Gasteiger partial charge in [0.15, 0.2) is 0 Å². The zero-order valence-electron chi connectivity index (χ0n) is 9.03. The summed E-state index contributed by atoms with van der Waals surface area (Å²) in [6.45, 7) is 2.30. The average Bonchev–Trinajstić information content (AvgIpc) is 2.91. The largest absolute Gasteiger partial charge is 0.406 e. The van der Waals surface area contributed by atoms with Crippen LogP contribution in [0.1, 0.15) is 39.0 Å². The van der Waals surface area contributed by atoms with Gasteiger partial charge in [0.1, 0.15) is 5.54 Å². The van der Waals surface area contributed by atoms with E-state index in [9.17, 15) is 13.2 Å². The Labute approximate surface area is 88.4 Å². The molecule has 3 N–H and O–H groups in total. The minimum absolute atomic E-state index is 0.162. The summed E-state index contributed by atoms with van der Waals surface area (Å²) in [7, 11) is 0. The van der Waals surface area contributed by atoms with Crippen molar-refractivity contribution in [1.29, 1.82) is 0 Å². The van der Waals surface area contributed by atoms with Gasteiger partial charge in [-0.2, -0.15) is 13.2 Å². The highest BCUT2D eigenvalue weighted by Gasteiger charge is 2.62. The zero-order valence-corrected chi connectivity index (χ0v) is 9.03. The molecular formula is C10H19F3N2. The number of hydrogen-bond donors (Lipinski definition) is 2. The molecule has 0 aliphatic heterocycles. The molecule has 0 aromatic carbocycles. The molecule has 1 atom stereocenters. The van der Waals surface area contributed by atoms with Crippen LogP contribution < -0.4 is 11.1 Å². The Morgan fingerprint density at radius 3 is 2.40 bits per heavy atom. The third-order valence-corrected chi connectivity index (χ3v) is 2.92. The van der Waals surface area contributed by atoms with Crippen LogP contribution in [0.5, 0.6) is 0 Å². The summed E-state index contributed by atoms with van der Waals surface area (Å²) in [5.74, 6) is 0. The predicted molar refractivity (Wildman–Crippen MR) is 53.5 cm³/mol. The van der Waals surface area contributed by atoms with Crippen LogP contribution in [-0.4, -0.2) is 24.3 Å². The Morgan fingerprint density at radius 1 is 1.40 bits per heavy atom. The molecule has 0 aromatic heterocycles. The second-order valence-corrected chi connectivity index (χ2v) is 4.36. The molecule has 1 saturated carbocycles. The minimum Gasteiger partial charge on any atom is -0.327 e. The molecule has 1 unspecified atom stereocenters. The molecule has 0 amide bonds. The number of nitrogens with two attached hydrogens (primary N) is 1. The lowest BCUT2D eigenvalue weighted by atomic mass is 10.1. The molecule has 2 nitrogen and oxygen atoms in total. The van der Waals surface area contributed by atoms with Gasteiger partial charge in [-0.25, -0.2) is 0 Å². The number of alkyl halides is 3. The van der Waals surface area contributed by atoms with E-state index in [2.05, 4.69) is 5.32 Å². The van der Waals surface area contributed by atoms with Crippen LogP contribution >= 0.6 is 0 Å². The Kier molecular flexibility index (Phi) is 4.00. The Bertz CT molecular complexity index is 199. The second kappa shape index (κ2) is 4.70. The normalized spacial score (nSPS) is 21.4. The lowest BCUT2D eigenvalue weighted by Gasteiger charge is -2.22. The van der Waals surface area contributed by atoms with Crippen molar-refractivity contribution in [1.82, 2.24) is 5.32 Å². The van der Waals surface area contributed by atoms with Crippen molar-refractivity contribution in [2.45, 2.75) is 56.8 Å². The molecule has 1 rings (SSSR count). The highest BCUT2D eigenvalue weighted by Crippen LogP contribution is 2.48. The maximum absolute atomic E-state index is 12.5. The first-order valence-electron chi connectivity index (χ1n) is 5.48. The molecule has 1 aliphatic rings. The van der Waals surface area contributed by atoms with Gasteiger partial charge in [-0.05, 0) is 19.3 Å². The molecule has 0 spiro atoms. The Morgan fingerprint density at radius 2 is 2.00 bits per heavy atom. The van der Waals surface area contributed by atoms with E-state index in [0.29, 0.717) is 0 Å². The van der Waals surface area contributed by atoms with E-state index >= 15 is 0 Å². The van der Waals surface area contributed by atoms with E-state index in [1.165, 1.54) is 0 Å². The summed E-state index contributed by atoms with van der Waals surface area (Å²) in [6, 6.07) is -0.162. The van der Waals surface area contributed by atoms with Crippen molar-refractivity contribution in [3.8, 4) is 0 Å². The smallest absolute Gasteiger partial charge is 0.327 e. The van der Waals surface area contributed by atoms with Crippen molar-refractivity contribution in [2.24, 2.45) is 5.73 Å². The first kappa shape index (κ1) is 12.8. The number of rotatable bonds is 6. The average molecular weight is 224 g/mol. The third-order valence-electron chi connectivity index (χ3n) is 2.92. The van der Waals surface area contributed by atoms with Gasteiger partial charge in [-0.15, -0.1) is 0 Å². The van der Waals surface area contributed by atoms with Gasteiger partial charge < -0.3 is 11.1 Å². The van der Waals surface area contributed by atoms with Crippen LogP contribution in [0.2, 0.25) is 0 Å². The van der Waals surface area contributed by atoms with E-state index in [-0.39, 0.29) is 25.4 Å². The highest BCUT2D eigenvalue weighted by atomic mass is 19.4. The van der Waals surface area contributed by atoms with Crippen LogP contribution in [0.25, 0.3) is 0 Å². The number of halogens is 3. The van der Waals surface area contributed by atoms with Crippen LogP contribution in [-0.2, 0) is 0 Å². The first-order valence-corrected chi connectivity index (χ1v) is 5.48. The SMILES string of the molecule is CCCCC(N)CNC1(C(F)(F)F)CC1. The first-order chi connectivity index (χ1) is 6.91. The molecule has 0 radical (unpaired) electrons. The quantitative estimate of drug-likeness (QED) is 0.725. The molecule has 1 aliphatic carbocycles. The monoisotopic (exact) mass is 224 g/mol. The van der Waals surface area contributed by atoms with E-state index in [1.54, 1.807) is 0 Å². The van der Waals surface area contributed by atoms with Gasteiger partial charge in [0.25, 0.3) is 0 Å².